The first-order chi connectivity index (χ1) is 7.95. The molecule has 17 heavy (non-hydrogen) atoms. The predicted molar refractivity (Wildman–Crippen MR) is 70.4 cm³/mol. The molecule has 0 saturated carbocycles. The van der Waals surface area contributed by atoms with Gasteiger partial charge in [0.1, 0.15) is 5.82 Å². The highest BCUT2D eigenvalue weighted by atomic mass is 79.9. The molecule has 1 rings (SSSR count). The van der Waals surface area contributed by atoms with Crippen molar-refractivity contribution in [2.45, 2.75) is 32.7 Å². The Morgan fingerprint density at radius 2 is 2.24 bits per heavy atom. The average molecular weight is 303 g/mol. The fraction of sp³-hybridized carbons (Fsp3) is 0.417. The smallest absolute Gasteiger partial charge is 0.241 e. The molecule has 1 unspecified atom stereocenters. The van der Waals surface area contributed by atoms with Gasteiger partial charge < -0.3 is 11.1 Å². The third kappa shape index (κ3) is 3.78. The van der Waals surface area contributed by atoms with E-state index < -0.39 is 6.04 Å². The van der Waals surface area contributed by atoms with Gasteiger partial charge in [-0.25, -0.2) is 4.39 Å². The Labute approximate surface area is 109 Å². The number of carbonyl (C=O) groups is 1. The highest BCUT2D eigenvalue weighted by Gasteiger charge is 2.14. The summed E-state index contributed by atoms with van der Waals surface area (Å²) in [6, 6.07) is 2.38. The summed E-state index contributed by atoms with van der Waals surface area (Å²) in [6.07, 6.45) is 1.48. The molecule has 0 aliphatic rings. The zero-order valence-corrected chi connectivity index (χ0v) is 11.5. The third-order valence-corrected chi connectivity index (χ3v) is 3.07. The molecule has 0 aromatic heterocycles. The fourth-order valence-corrected chi connectivity index (χ4v) is 1.79. The van der Waals surface area contributed by atoms with Crippen LogP contribution in [-0.2, 0) is 4.79 Å². The van der Waals surface area contributed by atoms with Crippen LogP contribution < -0.4 is 11.1 Å². The minimum Gasteiger partial charge on any atom is -0.324 e. The number of aryl methyl sites for hydroxylation is 1. The van der Waals surface area contributed by atoms with Gasteiger partial charge in [-0.15, -0.1) is 0 Å². The number of hydrogen-bond donors (Lipinski definition) is 2. The second-order valence-corrected chi connectivity index (χ2v) is 4.82. The Kier molecular flexibility index (Phi) is 5.08. The molecule has 5 heteroatoms. The number of carbonyl (C=O) groups excluding carboxylic acids is 1. The zero-order valence-electron chi connectivity index (χ0n) is 9.89. The minimum absolute atomic E-state index is 0.242. The number of amides is 1. The quantitative estimate of drug-likeness (QED) is 0.898. The van der Waals surface area contributed by atoms with Crippen molar-refractivity contribution >= 4 is 27.5 Å². The Bertz CT molecular complexity index is 423. The molecule has 3 nitrogen and oxygen atoms in total. The number of anilines is 1. The van der Waals surface area contributed by atoms with E-state index >= 15 is 0 Å². The van der Waals surface area contributed by atoms with Crippen LogP contribution in [0.1, 0.15) is 25.3 Å². The maximum atomic E-state index is 13.2. The van der Waals surface area contributed by atoms with Gasteiger partial charge in [-0.2, -0.15) is 0 Å². The SMILES string of the molecule is CCCC(N)C(=O)Nc1cc(Br)c(F)cc1C. The molecular formula is C12H16BrFN2O. The van der Waals surface area contributed by atoms with E-state index in [9.17, 15) is 9.18 Å². The molecule has 0 saturated heterocycles. The van der Waals surface area contributed by atoms with Crippen LogP contribution in [0.2, 0.25) is 0 Å². The Balaban J connectivity index is 2.81. The van der Waals surface area contributed by atoms with Gasteiger partial charge in [-0.1, -0.05) is 13.3 Å². The van der Waals surface area contributed by atoms with E-state index in [1.165, 1.54) is 6.07 Å². The van der Waals surface area contributed by atoms with E-state index in [0.29, 0.717) is 22.1 Å². The molecule has 1 aromatic carbocycles. The van der Waals surface area contributed by atoms with Crippen molar-refractivity contribution in [3.8, 4) is 0 Å². The van der Waals surface area contributed by atoms with Crippen molar-refractivity contribution in [2.24, 2.45) is 5.73 Å². The van der Waals surface area contributed by atoms with E-state index in [2.05, 4.69) is 21.2 Å². The van der Waals surface area contributed by atoms with Crippen molar-refractivity contribution in [3.05, 3.63) is 28.0 Å². The first-order valence-corrected chi connectivity index (χ1v) is 6.27. The molecule has 94 valence electrons. The molecule has 0 aliphatic heterocycles. The molecule has 0 heterocycles. The van der Waals surface area contributed by atoms with E-state index in [4.69, 9.17) is 5.73 Å². The molecule has 1 amide bonds. The summed E-state index contributed by atoms with van der Waals surface area (Å²) in [7, 11) is 0. The average Bonchev–Trinajstić information content (AvgIpc) is 2.26. The predicted octanol–water partition coefficient (Wildman–Crippen LogP) is 2.96. The summed E-state index contributed by atoms with van der Waals surface area (Å²) in [6.45, 7) is 3.70. The summed E-state index contributed by atoms with van der Waals surface area (Å²) >= 11 is 3.08. The summed E-state index contributed by atoms with van der Waals surface area (Å²) in [5.41, 5.74) is 6.94. The molecule has 0 radical (unpaired) electrons. The van der Waals surface area contributed by atoms with Crippen LogP contribution in [0.25, 0.3) is 0 Å². The van der Waals surface area contributed by atoms with Gasteiger partial charge in [0.25, 0.3) is 0 Å². The lowest BCUT2D eigenvalue weighted by atomic mass is 10.1. The molecule has 0 fully saturated rings. The van der Waals surface area contributed by atoms with Crippen LogP contribution in [0.15, 0.2) is 16.6 Å². The number of rotatable bonds is 4. The fourth-order valence-electron chi connectivity index (χ4n) is 1.45. The summed E-state index contributed by atoms with van der Waals surface area (Å²) in [4.78, 5) is 11.7. The van der Waals surface area contributed by atoms with Crippen LogP contribution in [0.5, 0.6) is 0 Å². The van der Waals surface area contributed by atoms with Crippen LogP contribution in [0, 0.1) is 12.7 Å². The summed E-state index contributed by atoms with van der Waals surface area (Å²) in [5.74, 6) is -0.591. The van der Waals surface area contributed by atoms with Crippen molar-refractivity contribution in [2.75, 3.05) is 5.32 Å². The second kappa shape index (κ2) is 6.12. The van der Waals surface area contributed by atoms with Crippen molar-refractivity contribution in [1.29, 1.82) is 0 Å². The highest BCUT2D eigenvalue weighted by molar-refractivity contribution is 9.10. The second-order valence-electron chi connectivity index (χ2n) is 3.97. The summed E-state index contributed by atoms with van der Waals surface area (Å²) < 4.78 is 13.5. The van der Waals surface area contributed by atoms with Gasteiger partial charge in [0.2, 0.25) is 5.91 Å². The lowest BCUT2D eigenvalue weighted by Gasteiger charge is -2.13. The van der Waals surface area contributed by atoms with Gasteiger partial charge in [-0.05, 0) is 47.0 Å². The molecule has 0 spiro atoms. The van der Waals surface area contributed by atoms with Crippen molar-refractivity contribution in [3.63, 3.8) is 0 Å². The minimum atomic E-state index is -0.525. The molecule has 1 atom stereocenters. The number of nitrogens with two attached hydrogens (primary N) is 1. The van der Waals surface area contributed by atoms with Gasteiger partial charge in [0.05, 0.1) is 10.5 Å². The lowest BCUT2D eigenvalue weighted by Crippen LogP contribution is -2.35. The first kappa shape index (κ1) is 14.1. The van der Waals surface area contributed by atoms with E-state index in [0.717, 1.165) is 6.42 Å². The first-order valence-electron chi connectivity index (χ1n) is 5.47. The van der Waals surface area contributed by atoms with Gasteiger partial charge in [-0.3, -0.25) is 4.79 Å². The number of nitrogens with one attached hydrogen (secondary N) is 1. The van der Waals surface area contributed by atoms with Crippen LogP contribution >= 0.6 is 15.9 Å². The standard InChI is InChI=1S/C12H16BrFN2O/c1-3-4-10(15)12(17)16-11-6-8(13)9(14)5-7(11)2/h5-6,10H,3-4,15H2,1-2H3,(H,16,17). The Morgan fingerprint density at radius 3 is 2.82 bits per heavy atom. The van der Waals surface area contributed by atoms with E-state index in [1.54, 1.807) is 13.0 Å². The van der Waals surface area contributed by atoms with Gasteiger partial charge in [0, 0.05) is 5.69 Å². The highest BCUT2D eigenvalue weighted by Crippen LogP contribution is 2.24. The third-order valence-electron chi connectivity index (χ3n) is 2.46. The normalized spacial score (nSPS) is 12.3. The zero-order chi connectivity index (χ0) is 13.0. The maximum Gasteiger partial charge on any atom is 0.241 e. The largest absolute Gasteiger partial charge is 0.324 e. The van der Waals surface area contributed by atoms with Gasteiger partial charge >= 0.3 is 0 Å². The number of halogens is 2. The molecule has 3 N–H and O–H groups in total. The molecule has 0 aliphatic carbocycles. The lowest BCUT2D eigenvalue weighted by molar-refractivity contribution is -0.117. The van der Waals surface area contributed by atoms with Crippen molar-refractivity contribution in [1.82, 2.24) is 0 Å². The van der Waals surface area contributed by atoms with Crippen molar-refractivity contribution < 1.29 is 9.18 Å². The molecule has 0 bridgehead atoms. The molecular weight excluding hydrogens is 287 g/mol. The Morgan fingerprint density at radius 1 is 1.59 bits per heavy atom. The van der Waals surface area contributed by atoms with E-state index in [1.807, 2.05) is 6.92 Å². The van der Waals surface area contributed by atoms with E-state index in [-0.39, 0.29) is 11.7 Å². The van der Waals surface area contributed by atoms with Crippen LogP contribution in [0.4, 0.5) is 10.1 Å². The van der Waals surface area contributed by atoms with Crippen LogP contribution in [0.3, 0.4) is 0 Å². The molecule has 1 aromatic rings. The number of hydrogen-bond acceptors (Lipinski definition) is 2. The Hall–Kier alpha value is -0.940. The van der Waals surface area contributed by atoms with Gasteiger partial charge in [0.15, 0.2) is 0 Å². The number of benzene rings is 1. The monoisotopic (exact) mass is 302 g/mol. The maximum absolute atomic E-state index is 13.2. The summed E-state index contributed by atoms with van der Waals surface area (Å²) in [5, 5.41) is 2.70. The van der Waals surface area contributed by atoms with Crippen LogP contribution in [-0.4, -0.2) is 11.9 Å². The topological polar surface area (TPSA) is 55.1 Å².